The van der Waals surface area contributed by atoms with Crippen LogP contribution in [0.15, 0.2) is 18.2 Å². The maximum absolute atomic E-state index is 6.30. The average Bonchev–Trinajstić information content (AvgIpc) is 3.24. The van der Waals surface area contributed by atoms with E-state index in [1.54, 1.807) is 0 Å². The second kappa shape index (κ2) is 6.69. The third kappa shape index (κ3) is 3.55. The van der Waals surface area contributed by atoms with Crippen molar-refractivity contribution in [2.24, 2.45) is 0 Å². The topological polar surface area (TPSA) is 38.5 Å². The highest BCUT2D eigenvalue weighted by Crippen LogP contribution is 2.38. The normalized spacial score (nSPS) is 14.4. The average molecular weight is 262 g/mol. The van der Waals surface area contributed by atoms with E-state index in [0.717, 1.165) is 36.7 Å². The maximum atomic E-state index is 6.30. The molecule has 0 unspecified atom stereocenters. The Bertz CT molecular complexity index is 402. The van der Waals surface area contributed by atoms with Crippen LogP contribution in [0.4, 0.5) is 11.4 Å². The molecule has 19 heavy (non-hydrogen) atoms. The standard InChI is InChI=1S/C16H26N2O/c1-3-5-11-18(13-9-10-13)14-7-6-8-15(16(14)17)19-12-4-2/h6-8,13H,3-5,9-12,17H2,1-2H3. The zero-order chi connectivity index (χ0) is 13.7. The number of nitrogens with zero attached hydrogens (tertiary/aromatic N) is 1. The molecule has 0 atom stereocenters. The summed E-state index contributed by atoms with van der Waals surface area (Å²) < 4.78 is 5.73. The van der Waals surface area contributed by atoms with Crippen molar-refractivity contribution < 1.29 is 4.74 Å². The highest BCUT2D eigenvalue weighted by Gasteiger charge is 2.30. The van der Waals surface area contributed by atoms with Gasteiger partial charge in [-0.1, -0.05) is 26.3 Å². The summed E-state index contributed by atoms with van der Waals surface area (Å²) >= 11 is 0. The van der Waals surface area contributed by atoms with Crippen molar-refractivity contribution >= 4 is 11.4 Å². The number of unbranched alkanes of at least 4 members (excludes halogenated alkanes) is 1. The van der Waals surface area contributed by atoms with E-state index in [1.165, 1.54) is 25.7 Å². The molecule has 1 aromatic rings. The van der Waals surface area contributed by atoms with Crippen molar-refractivity contribution in [3.05, 3.63) is 18.2 Å². The van der Waals surface area contributed by atoms with E-state index in [-0.39, 0.29) is 0 Å². The van der Waals surface area contributed by atoms with Crippen molar-refractivity contribution in [3.8, 4) is 5.75 Å². The minimum Gasteiger partial charge on any atom is -0.491 e. The fourth-order valence-corrected chi connectivity index (χ4v) is 2.34. The fraction of sp³-hybridized carbons (Fsp3) is 0.625. The number of hydrogen-bond acceptors (Lipinski definition) is 3. The molecule has 0 bridgehead atoms. The van der Waals surface area contributed by atoms with Gasteiger partial charge in [-0.05, 0) is 37.8 Å². The summed E-state index contributed by atoms with van der Waals surface area (Å²) in [5.74, 6) is 0.835. The van der Waals surface area contributed by atoms with Gasteiger partial charge in [0.2, 0.25) is 0 Å². The zero-order valence-electron chi connectivity index (χ0n) is 12.2. The third-order valence-electron chi connectivity index (χ3n) is 3.55. The Balaban J connectivity index is 2.16. The zero-order valence-corrected chi connectivity index (χ0v) is 12.2. The van der Waals surface area contributed by atoms with E-state index in [4.69, 9.17) is 10.5 Å². The van der Waals surface area contributed by atoms with Crippen LogP contribution in [0.3, 0.4) is 0 Å². The number of para-hydroxylation sites is 1. The lowest BCUT2D eigenvalue weighted by molar-refractivity contribution is 0.319. The molecule has 0 heterocycles. The van der Waals surface area contributed by atoms with Crippen molar-refractivity contribution in [3.63, 3.8) is 0 Å². The number of ether oxygens (including phenoxy) is 1. The van der Waals surface area contributed by atoms with Crippen LogP contribution in [0.25, 0.3) is 0 Å². The first-order valence-corrected chi connectivity index (χ1v) is 7.55. The van der Waals surface area contributed by atoms with Gasteiger partial charge in [-0.3, -0.25) is 0 Å². The van der Waals surface area contributed by atoms with Gasteiger partial charge in [-0.15, -0.1) is 0 Å². The number of benzene rings is 1. The fourth-order valence-electron chi connectivity index (χ4n) is 2.34. The van der Waals surface area contributed by atoms with E-state index >= 15 is 0 Å². The molecule has 0 aromatic heterocycles. The van der Waals surface area contributed by atoms with Crippen molar-refractivity contribution in [1.82, 2.24) is 0 Å². The molecule has 0 saturated heterocycles. The van der Waals surface area contributed by atoms with E-state index in [9.17, 15) is 0 Å². The molecule has 0 radical (unpaired) electrons. The highest BCUT2D eigenvalue weighted by atomic mass is 16.5. The van der Waals surface area contributed by atoms with Gasteiger partial charge in [0.05, 0.1) is 18.0 Å². The first-order valence-electron chi connectivity index (χ1n) is 7.55. The van der Waals surface area contributed by atoms with Crippen LogP contribution in [0.5, 0.6) is 5.75 Å². The Kier molecular flexibility index (Phi) is 4.94. The Morgan fingerprint density at radius 1 is 1.26 bits per heavy atom. The first kappa shape index (κ1) is 14.0. The van der Waals surface area contributed by atoms with Crippen molar-refractivity contribution in [2.45, 2.75) is 52.0 Å². The van der Waals surface area contributed by atoms with E-state index in [2.05, 4.69) is 30.9 Å². The molecule has 106 valence electrons. The smallest absolute Gasteiger partial charge is 0.144 e. The van der Waals surface area contributed by atoms with Crippen molar-refractivity contribution in [1.29, 1.82) is 0 Å². The predicted molar refractivity (Wildman–Crippen MR) is 81.9 cm³/mol. The Hall–Kier alpha value is -1.38. The van der Waals surface area contributed by atoms with E-state index < -0.39 is 0 Å². The lowest BCUT2D eigenvalue weighted by Crippen LogP contribution is -2.27. The lowest BCUT2D eigenvalue weighted by atomic mass is 10.2. The van der Waals surface area contributed by atoms with Crippen LogP contribution in [0.2, 0.25) is 0 Å². The maximum Gasteiger partial charge on any atom is 0.144 e. The predicted octanol–water partition coefficient (Wildman–Crippen LogP) is 3.83. The van der Waals surface area contributed by atoms with Gasteiger partial charge < -0.3 is 15.4 Å². The summed E-state index contributed by atoms with van der Waals surface area (Å²) in [6, 6.07) is 6.84. The largest absolute Gasteiger partial charge is 0.491 e. The van der Waals surface area contributed by atoms with Gasteiger partial charge in [0.15, 0.2) is 0 Å². The molecule has 3 nitrogen and oxygen atoms in total. The van der Waals surface area contributed by atoms with Crippen LogP contribution < -0.4 is 15.4 Å². The Morgan fingerprint density at radius 2 is 2.05 bits per heavy atom. The second-order valence-electron chi connectivity index (χ2n) is 5.32. The summed E-state index contributed by atoms with van der Waals surface area (Å²) in [6.07, 6.45) is 6.03. The number of nitrogens with two attached hydrogens (primary N) is 1. The van der Waals surface area contributed by atoms with Gasteiger partial charge in [0.1, 0.15) is 5.75 Å². The third-order valence-corrected chi connectivity index (χ3v) is 3.55. The molecular weight excluding hydrogens is 236 g/mol. The van der Waals surface area contributed by atoms with Gasteiger partial charge in [0.25, 0.3) is 0 Å². The van der Waals surface area contributed by atoms with Gasteiger partial charge >= 0.3 is 0 Å². The van der Waals surface area contributed by atoms with Crippen LogP contribution >= 0.6 is 0 Å². The molecule has 1 aromatic carbocycles. The molecule has 1 aliphatic rings. The molecule has 0 aliphatic heterocycles. The summed E-state index contributed by atoms with van der Waals surface area (Å²) in [5.41, 5.74) is 8.26. The summed E-state index contributed by atoms with van der Waals surface area (Å²) in [4.78, 5) is 2.47. The summed E-state index contributed by atoms with van der Waals surface area (Å²) in [6.45, 7) is 6.17. The van der Waals surface area contributed by atoms with Gasteiger partial charge in [0, 0.05) is 12.6 Å². The summed E-state index contributed by atoms with van der Waals surface area (Å²) in [7, 11) is 0. The molecule has 1 aliphatic carbocycles. The number of nitrogen functional groups attached to an aromatic ring is 1. The van der Waals surface area contributed by atoms with E-state index in [1.807, 2.05) is 6.07 Å². The van der Waals surface area contributed by atoms with Crippen LogP contribution in [-0.2, 0) is 0 Å². The van der Waals surface area contributed by atoms with Crippen molar-refractivity contribution in [2.75, 3.05) is 23.8 Å². The quantitative estimate of drug-likeness (QED) is 0.724. The minimum absolute atomic E-state index is 0.690. The SMILES string of the molecule is CCCCN(c1cccc(OCCC)c1N)C1CC1. The highest BCUT2D eigenvalue weighted by molar-refractivity contribution is 5.74. The monoisotopic (exact) mass is 262 g/mol. The molecule has 3 heteroatoms. The van der Waals surface area contributed by atoms with Crippen LogP contribution in [0, 0.1) is 0 Å². The Morgan fingerprint density at radius 3 is 2.68 bits per heavy atom. The molecule has 1 saturated carbocycles. The number of rotatable bonds is 8. The van der Waals surface area contributed by atoms with Crippen LogP contribution in [-0.4, -0.2) is 19.2 Å². The number of hydrogen-bond donors (Lipinski definition) is 1. The minimum atomic E-state index is 0.690. The molecule has 2 rings (SSSR count). The van der Waals surface area contributed by atoms with Gasteiger partial charge in [-0.2, -0.15) is 0 Å². The molecular formula is C16H26N2O. The molecule has 2 N–H and O–H groups in total. The van der Waals surface area contributed by atoms with Gasteiger partial charge in [-0.25, -0.2) is 0 Å². The lowest BCUT2D eigenvalue weighted by Gasteiger charge is -2.26. The van der Waals surface area contributed by atoms with Crippen LogP contribution in [0.1, 0.15) is 46.0 Å². The van der Waals surface area contributed by atoms with E-state index in [0.29, 0.717) is 6.04 Å². The molecule has 0 spiro atoms. The molecule has 0 amide bonds. The first-order chi connectivity index (χ1) is 9.27. The molecule has 1 fully saturated rings. The number of anilines is 2. The Labute approximate surface area is 116 Å². The summed E-state index contributed by atoms with van der Waals surface area (Å²) in [5, 5.41) is 0. The second-order valence-corrected chi connectivity index (χ2v) is 5.32.